The molecule has 2 aromatic rings. The summed E-state index contributed by atoms with van der Waals surface area (Å²) in [5.41, 5.74) is 2.39. The maximum Gasteiger partial charge on any atom is 0.322 e. The van der Waals surface area contributed by atoms with E-state index in [4.69, 9.17) is 4.74 Å². The summed E-state index contributed by atoms with van der Waals surface area (Å²) < 4.78 is 19.6. The summed E-state index contributed by atoms with van der Waals surface area (Å²) in [6.07, 6.45) is 0.177. The van der Waals surface area contributed by atoms with Crippen molar-refractivity contribution in [2.45, 2.75) is 12.5 Å². The van der Waals surface area contributed by atoms with Crippen molar-refractivity contribution in [3.63, 3.8) is 0 Å². The fourth-order valence-corrected chi connectivity index (χ4v) is 5.24. The molecule has 1 fully saturated rings. The van der Waals surface area contributed by atoms with Gasteiger partial charge in [-0.15, -0.1) is 0 Å². The molecule has 0 unspecified atom stereocenters. The average Bonchev–Trinajstić information content (AvgIpc) is 3.26. The minimum atomic E-state index is -0.630. The molecule has 2 aromatic carbocycles. The second kappa shape index (κ2) is 10.1. The highest BCUT2D eigenvalue weighted by molar-refractivity contribution is 6.01. The summed E-state index contributed by atoms with van der Waals surface area (Å²) in [6.45, 7) is 2.59. The molecule has 1 N–H and O–H groups in total. The number of benzene rings is 2. The number of nitrogens with zero attached hydrogens (tertiary/aromatic N) is 4. The number of hydrogen-bond donors (Lipinski definition) is 1. The zero-order valence-corrected chi connectivity index (χ0v) is 20.9. The molecule has 1 saturated heterocycles. The minimum Gasteiger partial charge on any atom is -0.496 e. The van der Waals surface area contributed by atoms with Crippen LogP contribution in [-0.4, -0.2) is 86.0 Å². The van der Waals surface area contributed by atoms with Crippen molar-refractivity contribution >= 4 is 23.5 Å². The van der Waals surface area contributed by atoms with Gasteiger partial charge in [0, 0.05) is 51.8 Å². The first-order valence-corrected chi connectivity index (χ1v) is 12.4. The first-order chi connectivity index (χ1) is 17.9. The predicted molar refractivity (Wildman–Crippen MR) is 135 cm³/mol. The summed E-state index contributed by atoms with van der Waals surface area (Å²) in [5.74, 6) is 0.0698. The van der Waals surface area contributed by atoms with Gasteiger partial charge in [-0.2, -0.15) is 0 Å². The number of carbonyl (C=O) groups is 3. The van der Waals surface area contributed by atoms with Crippen LogP contribution in [0.1, 0.15) is 18.0 Å². The Kier molecular flexibility index (Phi) is 6.73. The lowest BCUT2D eigenvalue weighted by Gasteiger charge is -2.36. The third-order valence-electron chi connectivity index (χ3n) is 7.31. The summed E-state index contributed by atoms with van der Waals surface area (Å²) in [7, 11) is 3.19. The Labute approximate surface area is 215 Å². The zero-order valence-electron chi connectivity index (χ0n) is 20.9. The number of rotatable bonds is 6. The Morgan fingerprint density at radius 1 is 1.05 bits per heavy atom. The Hall–Kier alpha value is -4.08. The van der Waals surface area contributed by atoms with Crippen molar-refractivity contribution in [3.05, 3.63) is 71.2 Å². The van der Waals surface area contributed by atoms with E-state index in [1.54, 1.807) is 48.2 Å². The molecule has 1 atom stereocenters. The standard InChI is InChI=1S/C27H30FN5O4/c1-30-21-17-33(26(35)24(21)25(29-27(30)36)18-7-3-6-10-22(18)37-2)12-11-23(34)32-15-13-31(14-16-32)20-9-5-4-8-19(20)28/h3-10,25H,11-17H2,1-2H3,(H,29,36)/t25-/m1/s1. The highest BCUT2D eigenvalue weighted by Crippen LogP contribution is 2.38. The quantitative estimate of drug-likeness (QED) is 0.649. The Bertz CT molecular complexity index is 1260. The lowest BCUT2D eigenvalue weighted by atomic mass is 9.95. The smallest absolute Gasteiger partial charge is 0.322 e. The number of methoxy groups -OCH3 is 1. The van der Waals surface area contributed by atoms with Gasteiger partial charge in [0.15, 0.2) is 0 Å². The molecule has 3 heterocycles. The maximum absolute atomic E-state index is 14.1. The van der Waals surface area contributed by atoms with Crippen molar-refractivity contribution in [1.29, 1.82) is 0 Å². The molecule has 3 aliphatic heterocycles. The summed E-state index contributed by atoms with van der Waals surface area (Å²) in [4.78, 5) is 45.9. The summed E-state index contributed by atoms with van der Waals surface area (Å²) >= 11 is 0. The van der Waals surface area contributed by atoms with Crippen LogP contribution in [0.3, 0.4) is 0 Å². The van der Waals surface area contributed by atoms with E-state index in [9.17, 15) is 18.8 Å². The van der Waals surface area contributed by atoms with Crippen LogP contribution in [0.2, 0.25) is 0 Å². The number of para-hydroxylation sites is 2. The number of ether oxygens (including phenoxy) is 1. The molecule has 4 amide bonds. The van der Waals surface area contributed by atoms with Crippen LogP contribution in [0.4, 0.5) is 14.9 Å². The van der Waals surface area contributed by atoms with E-state index >= 15 is 0 Å². The summed E-state index contributed by atoms with van der Waals surface area (Å²) in [5, 5.41) is 2.91. The number of likely N-dealkylation sites (N-methyl/N-ethyl adjacent to an activating group) is 1. The molecule has 10 heteroatoms. The predicted octanol–water partition coefficient (Wildman–Crippen LogP) is 2.37. The largest absolute Gasteiger partial charge is 0.496 e. The third kappa shape index (κ3) is 4.59. The second-order valence-corrected chi connectivity index (χ2v) is 9.34. The van der Waals surface area contributed by atoms with Crippen molar-refractivity contribution in [1.82, 2.24) is 20.0 Å². The van der Waals surface area contributed by atoms with Crippen LogP contribution < -0.4 is 15.0 Å². The highest BCUT2D eigenvalue weighted by atomic mass is 19.1. The van der Waals surface area contributed by atoms with Crippen molar-refractivity contribution in [2.24, 2.45) is 0 Å². The van der Waals surface area contributed by atoms with Crippen molar-refractivity contribution < 1.29 is 23.5 Å². The normalized spacial score (nSPS) is 19.8. The molecule has 0 aliphatic carbocycles. The number of anilines is 1. The first-order valence-electron chi connectivity index (χ1n) is 12.4. The topological polar surface area (TPSA) is 85.4 Å². The van der Waals surface area contributed by atoms with Crippen LogP contribution in [0.5, 0.6) is 5.75 Å². The van der Waals surface area contributed by atoms with Gasteiger partial charge in [-0.3, -0.25) is 14.5 Å². The van der Waals surface area contributed by atoms with Gasteiger partial charge in [-0.05, 0) is 18.2 Å². The van der Waals surface area contributed by atoms with Crippen LogP contribution in [0.15, 0.2) is 59.8 Å². The number of carbonyl (C=O) groups excluding carboxylic acids is 3. The van der Waals surface area contributed by atoms with Crippen molar-refractivity contribution in [3.8, 4) is 5.75 Å². The van der Waals surface area contributed by atoms with E-state index in [1.807, 2.05) is 23.1 Å². The van der Waals surface area contributed by atoms with E-state index in [-0.39, 0.29) is 43.2 Å². The third-order valence-corrected chi connectivity index (χ3v) is 7.31. The average molecular weight is 508 g/mol. The molecule has 3 aliphatic rings. The number of urea groups is 1. The molecule has 0 bridgehead atoms. The van der Waals surface area contributed by atoms with Crippen LogP contribution in [0, 0.1) is 5.82 Å². The van der Waals surface area contributed by atoms with E-state index in [2.05, 4.69) is 5.32 Å². The van der Waals surface area contributed by atoms with Gasteiger partial charge in [0.05, 0.1) is 36.7 Å². The van der Waals surface area contributed by atoms with E-state index < -0.39 is 6.04 Å². The molecular formula is C27H30FN5O4. The lowest BCUT2D eigenvalue weighted by Crippen LogP contribution is -2.49. The first kappa shape index (κ1) is 24.6. The van der Waals surface area contributed by atoms with E-state index in [0.717, 1.165) is 0 Å². The van der Waals surface area contributed by atoms with Gasteiger partial charge in [0.2, 0.25) is 5.91 Å². The van der Waals surface area contributed by atoms with Crippen LogP contribution in [-0.2, 0) is 9.59 Å². The number of piperazine rings is 1. The lowest BCUT2D eigenvalue weighted by molar-refractivity contribution is -0.132. The maximum atomic E-state index is 14.1. The van der Waals surface area contributed by atoms with Gasteiger partial charge in [0.25, 0.3) is 5.91 Å². The monoisotopic (exact) mass is 507 g/mol. The molecule has 194 valence electrons. The second-order valence-electron chi connectivity index (χ2n) is 9.34. The van der Waals surface area contributed by atoms with Gasteiger partial charge in [0.1, 0.15) is 11.6 Å². The fraction of sp³-hybridized carbons (Fsp3) is 0.370. The number of amides is 4. The minimum absolute atomic E-state index is 0.0466. The zero-order chi connectivity index (χ0) is 26.1. The Morgan fingerprint density at radius 3 is 2.49 bits per heavy atom. The molecule has 37 heavy (non-hydrogen) atoms. The molecule has 0 spiro atoms. The molecular weight excluding hydrogens is 477 g/mol. The van der Waals surface area contributed by atoms with Crippen molar-refractivity contribution in [2.75, 3.05) is 58.3 Å². The van der Waals surface area contributed by atoms with Gasteiger partial charge in [-0.1, -0.05) is 30.3 Å². The van der Waals surface area contributed by atoms with Gasteiger partial charge in [-0.25, -0.2) is 9.18 Å². The van der Waals surface area contributed by atoms with Crippen LogP contribution >= 0.6 is 0 Å². The SMILES string of the molecule is COc1ccccc1[C@H]1NC(=O)N(C)C2=C1C(=O)N(CCC(=O)N1CCN(c3ccccc3F)CC1)C2. The number of hydrogen-bond acceptors (Lipinski definition) is 5. The summed E-state index contributed by atoms with van der Waals surface area (Å²) in [6, 6.07) is 13.0. The van der Waals surface area contributed by atoms with E-state index in [1.165, 1.54) is 11.0 Å². The molecule has 5 rings (SSSR count). The molecule has 9 nitrogen and oxygen atoms in total. The number of nitrogens with one attached hydrogen (secondary N) is 1. The highest BCUT2D eigenvalue weighted by Gasteiger charge is 2.43. The molecule has 0 radical (unpaired) electrons. The molecule has 0 saturated carbocycles. The Morgan fingerprint density at radius 2 is 1.76 bits per heavy atom. The fourth-order valence-electron chi connectivity index (χ4n) is 5.24. The number of halogens is 1. The van der Waals surface area contributed by atoms with Gasteiger partial charge >= 0.3 is 6.03 Å². The van der Waals surface area contributed by atoms with Gasteiger partial charge < -0.3 is 24.8 Å². The Balaban J connectivity index is 1.23. The van der Waals surface area contributed by atoms with Crippen LogP contribution in [0.25, 0.3) is 0 Å². The van der Waals surface area contributed by atoms with E-state index in [0.29, 0.717) is 54.4 Å². The molecule has 0 aromatic heterocycles.